The van der Waals surface area contributed by atoms with Crippen molar-refractivity contribution in [3.8, 4) is 17.2 Å². The smallest absolute Gasteiger partial charge is 0.294 e. The molecule has 5 heteroatoms. The summed E-state index contributed by atoms with van der Waals surface area (Å²) in [5.74, 6) is 0.547. The summed E-state index contributed by atoms with van der Waals surface area (Å²) in [6.07, 6.45) is 3.83. The molecule has 2 N–H and O–H groups in total. The Hall–Kier alpha value is -2.17. The number of fused-ring (bicyclic) bond motifs is 1. The summed E-state index contributed by atoms with van der Waals surface area (Å²) in [6, 6.07) is 5.24. The van der Waals surface area contributed by atoms with E-state index in [9.17, 15) is 9.90 Å². The predicted octanol–water partition coefficient (Wildman–Crippen LogP) is 3.59. The number of aromatic amines is 1. The van der Waals surface area contributed by atoms with Gasteiger partial charge in [-0.2, -0.15) is 0 Å². The summed E-state index contributed by atoms with van der Waals surface area (Å²) < 4.78 is 11.0. The van der Waals surface area contributed by atoms with Crippen LogP contribution in [0.4, 0.5) is 0 Å². The maximum absolute atomic E-state index is 12.0. The molecule has 1 aromatic carbocycles. The number of ether oxygens (including phenoxy) is 2. The van der Waals surface area contributed by atoms with E-state index >= 15 is 0 Å². The van der Waals surface area contributed by atoms with Gasteiger partial charge >= 0.3 is 0 Å². The van der Waals surface area contributed by atoms with Gasteiger partial charge in [0, 0.05) is 11.5 Å². The highest BCUT2D eigenvalue weighted by Gasteiger charge is 2.13. The highest BCUT2D eigenvalue weighted by molar-refractivity contribution is 5.87. The van der Waals surface area contributed by atoms with E-state index in [0.29, 0.717) is 29.9 Å². The van der Waals surface area contributed by atoms with Crippen molar-refractivity contribution >= 4 is 10.9 Å². The fraction of sp³-hybridized carbons (Fsp3) is 0.471. The van der Waals surface area contributed by atoms with Crippen LogP contribution in [0.2, 0.25) is 0 Å². The molecule has 1 aromatic heterocycles. The quantitative estimate of drug-likeness (QED) is 0.731. The summed E-state index contributed by atoms with van der Waals surface area (Å²) >= 11 is 0. The Bertz CT molecular complexity index is 678. The molecule has 0 amide bonds. The van der Waals surface area contributed by atoms with Gasteiger partial charge in [0.25, 0.3) is 5.56 Å². The number of nitrogens with one attached hydrogen (secondary N) is 1. The van der Waals surface area contributed by atoms with Gasteiger partial charge < -0.3 is 19.6 Å². The number of aromatic hydroxyl groups is 1. The molecule has 0 aliphatic carbocycles. The number of aromatic nitrogens is 1. The Balaban J connectivity index is 2.28. The van der Waals surface area contributed by atoms with Gasteiger partial charge in [-0.05, 0) is 25.0 Å². The Morgan fingerprint density at radius 1 is 1.09 bits per heavy atom. The summed E-state index contributed by atoms with van der Waals surface area (Å²) in [5, 5.41) is 10.8. The zero-order chi connectivity index (χ0) is 15.9. The summed E-state index contributed by atoms with van der Waals surface area (Å²) in [6.45, 7) is 5.18. The highest BCUT2D eigenvalue weighted by Crippen LogP contribution is 2.32. The van der Waals surface area contributed by atoms with Gasteiger partial charge in [0.1, 0.15) is 5.75 Å². The van der Waals surface area contributed by atoms with Crippen LogP contribution < -0.4 is 15.0 Å². The third-order valence-electron chi connectivity index (χ3n) is 3.43. The van der Waals surface area contributed by atoms with E-state index in [1.807, 2.05) is 6.92 Å². The van der Waals surface area contributed by atoms with Crippen molar-refractivity contribution in [2.45, 2.75) is 39.5 Å². The highest BCUT2D eigenvalue weighted by atomic mass is 16.5. The van der Waals surface area contributed by atoms with Crippen molar-refractivity contribution in [3.05, 3.63) is 28.6 Å². The molecule has 0 aliphatic heterocycles. The van der Waals surface area contributed by atoms with E-state index in [0.717, 1.165) is 25.7 Å². The van der Waals surface area contributed by atoms with Crippen molar-refractivity contribution in [2.24, 2.45) is 0 Å². The second-order valence-corrected chi connectivity index (χ2v) is 5.24. The van der Waals surface area contributed by atoms with Crippen LogP contribution in [0.1, 0.15) is 39.5 Å². The van der Waals surface area contributed by atoms with Crippen molar-refractivity contribution < 1.29 is 14.6 Å². The van der Waals surface area contributed by atoms with Crippen LogP contribution >= 0.6 is 0 Å². The Kier molecular flexibility index (Phi) is 5.69. The molecule has 22 heavy (non-hydrogen) atoms. The van der Waals surface area contributed by atoms with Crippen molar-refractivity contribution in [1.82, 2.24) is 4.98 Å². The fourth-order valence-corrected chi connectivity index (χ4v) is 2.12. The lowest BCUT2D eigenvalue weighted by Gasteiger charge is -2.10. The zero-order valence-corrected chi connectivity index (χ0v) is 13.1. The first-order valence-electron chi connectivity index (χ1n) is 7.82. The van der Waals surface area contributed by atoms with Crippen molar-refractivity contribution in [1.29, 1.82) is 0 Å². The molecular formula is C17H23NO4. The molecule has 0 saturated heterocycles. The fourth-order valence-electron chi connectivity index (χ4n) is 2.12. The molecule has 0 radical (unpaired) electrons. The van der Waals surface area contributed by atoms with Crippen LogP contribution in [-0.4, -0.2) is 23.3 Å². The summed E-state index contributed by atoms with van der Waals surface area (Å²) in [7, 11) is 0. The number of hydrogen-bond acceptors (Lipinski definition) is 4. The maximum Gasteiger partial charge on any atom is 0.294 e. The topological polar surface area (TPSA) is 71.5 Å². The number of rotatable bonds is 8. The lowest BCUT2D eigenvalue weighted by atomic mass is 10.2. The van der Waals surface area contributed by atoms with Crippen LogP contribution in [0.5, 0.6) is 17.2 Å². The molecule has 2 rings (SSSR count). The van der Waals surface area contributed by atoms with Gasteiger partial charge in [-0.15, -0.1) is 0 Å². The van der Waals surface area contributed by atoms with Crippen LogP contribution in [0.15, 0.2) is 23.0 Å². The number of pyridine rings is 1. The van der Waals surface area contributed by atoms with Crippen LogP contribution in [0.3, 0.4) is 0 Å². The molecule has 0 aliphatic rings. The van der Waals surface area contributed by atoms with Crippen LogP contribution in [0.25, 0.3) is 10.9 Å². The van der Waals surface area contributed by atoms with Gasteiger partial charge in [-0.25, -0.2) is 0 Å². The average Bonchev–Trinajstić information content (AvgIpc) is 2.50. The van der Waals surface area contributed by atoms with E-state index < -0.39 is 5.56 Å². The molecule has 0 saturated carbocycles. The maximum atomic E-state index is 12.0. The average molecular weight is 305 g/mol. The number of unbranched alkanes of at least 4 members (excludes halogenated alkanes) is 2. The Morgan fingerprint density at radius 2 is 1.77 bits per heavy atom. The minimum Gasteiger partial charge on any atom is -0.504 e. The van der Waals surface area contributed by atoms with Gasteiger partial charge in [0.15, 0.2) is 5.75 Å². The van der Waals surface area contributed by atoms with E-state index in [1.165, 1.54) is 0 Å². The van der Waals surface area contributed by atoms with Gasteiger partial charge in [-0.3, -0.25) is 4.79 Å². The second-order valence-electron chi connectivity index (χ2n) is 5.24. The lowest BCUT2D eigenvalue weighted by Crippen LogP contribution is -2.12. The summed E-state index contributed by atoms with van der Waals surface area (Å²) in [5.41, 5.74) is 0.117. The molecule has 1 heterocycles. The Morgan fingerprint density at radius 3 is 2.45 bits per heavy atom. The standard InChI is InChI=1S/C17H23NO4/c1-3-5-9-21-12-7-8-13-14(11-12)18-17(20)16(15(13)19)22-10-6-4-2/h7-8,11H,3-6,9-10H2,1-2H3,(H2,18,19,20). The van der Waals surface area contributed by atoms with Gasteiger partial charge in [-0.1, -0.05) is 26.7 Å². The molecular weight excluding hydrogens is 282 g/mol. The zero-order valence-electron chi connectivity index (χ0n) is 13.1. The molecule has 0 unspecified atom stereocenters. The number of hydrogen-bond donors (Lipinski definition) is 2. The van der Waals surface area contributed by atoms with Crippen LogP contribution in [0, 0.1) is 0 Å². The monoisotopic (exact) mass is 305 g/mol. The SMILES string of the molecule is CCCCOc1ccc2c(O)c(OCCCC)c(=O)[nH]c2c1. The molecule has 0 bridgehead atoms. The van der Waals surface area contributed by atoms with Crippen molar-refractivity contribution in [3.63, 3.8) is 0 Å². The first-order valence-corrected chi connectivity index (χ1v) is 7.82. The molecule has 0 fully saturated rings. The summed E-state index contributed by atoms with van der Waals surface area (Å²) in [4.78, 5) is 14.8. The molecule has 120 valence electrons. The van der Waals surface area contributed by atoms with Crippen LogP contribution in [-0.2, 0) is 0 Å². The molecule has 2 aromatic rings. The lowest BCUT2D eigenvalue weighted by molar-refractivity contribution is 0.290. The third-order valence-corrected chi connectivity index (χ3v) is 3.43. The predicted molar refractivity (Wildman–Crippen MR) is 87.0 cm³/mol. The van der Waals surface area contributed by atoms with Gasteiger partial charge in [0.05, 0.1) is 18.7 Å². The van der Waals surface area contributed by atoms with E-state index in [4.69, 9.17) is 9.47 Å². The largest absolute Gasteiger partial charge is 0.504 e. The first-order chi connectivity index (χ1) is 10.7. The minimum absolute atomic E-state index is 0.0133. The number of H-pyrrole nitrogens is 1. The first kappa shape index (κ1) is 16.2. The minimum atomic E-state index is -0.424. The molecule has 5 nitrogen and oxygen atoms in total. The third kappa shape index (κ3) is 3.72. The van der Waals surface area contributed by atoms with E-state index in [-0.39, 0.29) is 11.5 Å². The van der Waals surface area contributed by atoms with Crippen molar-refractivity contribution in [2.75, 3.05) is 13.2 Å². The molecule has 0 atom stereocenters. The second kappa shape index (κ2) is 7.73. The molecule has 0 spiro atoms. The normalized spacial score (nSPS) is 10.8. The Labute approximate surface area is 129 Å². The van der Waals surface area contributed by atoms with E-state index in [1.54, 1.807) is 18.2 Å². The van der Waals surface area contributed by atoms with E-state index in [2.05, 4.69) is 11.9 Å². The number of benzene rings is 1. The van der Waals surface area contributed by atoms with Gasteiger partial charge in [0.2, 0.25) is 5.75 Å².